The normalized spacial score (nSPS) is 18.6. The lowest BCUT2D eigenvalue weighted by atomic mass is 9.99. The van der Waals surface area contributed by atoms with Crippen LogP contribution >= 0.6 is 0 Å². The van der Waals surface area contributed by atoms with Crippen LogP contribution in [0.3, 0.4) is 0 Å². The van der Waals surface area contributed by atoms with E-state index in [2.05, 4.69) is 10.6 Å². The molecule has 0 fully saturated rings. The van der Waals surface area contributed by atoms with Crippen molar-refractivity contribution in [3.63, 3.8) is 0 Å². The number of para-hydroxylation sites is 1. The highest BCUT2D eigenvalue weighted by molar-refractivity contribution is 7.88. The molecule has 0 bridgehead atoms. The van der Waals surface area contributed by atoms with Crippen molar-refractivity contribution in [1.29, 1.82) is 0 Å². The maximum Gasteiger partial charge on any atom is 0.323 e. The van der Waals surface area contributed by atoms with E-state index >= 15 is 0 Å². The molecule has 3 amide bonds. The van der Waals surface area contributed by atoms with Gasteiger partial charge in [-0.3, -0.25) is 4.79 Å². The van der Waals surface area contributed by atoms with Gasteiger partial charge in [-0.05, 0) is 30.5 Å². The SMILES string of the molecule is C[C@H]1CN([C@@H](C)CO)C(=O)c2cccc(NC(=O)Nc3cccc4ccccc34)c2O[C@H]1CN(C)S(C)(=O)=O. The van der Waals surface area contributed by atoms with Gasteiger partial charge in [0, 0.05) is 24.9 Å². The molecular formula is C28H34N4O6S. The van der Waals surface area contributed by atoms with Gasteiger partial charge in [-0.25, -0.2) is 17.5 Å². The average molecular weight is 555 g/mol. The molecule has 0 aliphatic carbocycles. The minimum absolute atomic E-state index is 0.0332. The molecule has 0 saturated heterocycles. The van der Waals surface area contributed by atoms with E-state index in [1.165, 1.54) is 11.4 Å². The maximum absolute atomic E-state index is 13.6. The van der Waals surface area contributed by atoms with Crippen LogP contribution < -0.4 is 15.4 Å². The summed E-state index contributed by atoms with van der Waals surface area (Å²) in [6.45, 7) is 3.64. The predicted molar refractivity (Wildman–Crippen MR) is 152 cm³/mol. The molecule has 1 aliphatic heterocycles. The van der Waals surface area contributed by atoms with Crippen LogP contribution in [0.5, 0.6) is 5.75 Å². The minimum atomic E-state index is -3.50. The van der Waals surface area contributed by atoms with Crippen LogP contribution in [0.25, 0.3) is 10.8 Å². The van der Waals surface area contributed by atoms with Crippen LogP contribution in [0.1, 0.15) is 24.2 Å². The zero-order valence-electron chi connectivity index (χ0n) is 22.4. The van der Waals surface area contributed by atoms with Gasteiger partial charge in [0.15, 0.2) is 5.75 Å². The molecule has 39 heavy (non-hydrogen) atoms. The highest BCUT2D eigenvalue weighted by Crippen LogP contribution is 2.35. The monoisotopic (exact) mass is 554 g/mol. The number of benzene rings is 3. The van der Waals surface area contributed by atoms with Gasteiger partial charge in [-0.15, -0.1) is 0 Å². The summed E-state index contributed by atoms with van der Waals surface area (Å²) in [5.41, 5.74) is 1.08. The number of nitrogens with one attached hydrogen (secondary N) is 2. The number of rotatable bonds is 7. The molecule has 11 heteroatoms. The summed E-state index contributed by atoms with van der Waals surface area (Å²) in [6, 6.07) is 17.1. The number of hydrogen-bond donors (Lipinski definition) is 3. The number of ether oxygens (including phenoxy) is 1. The van der Waals surface area contributed by atoms with Crippen molar-refractivity contribution < 1.29 is 27.9 Å². The molecule has 0 aromatic heterocycles. The summed E-state index contributed by atoms with van der Waals surface area (Å²) in [5, 5.41) is 17.3. The number of sulfonamides is 1. The van der Waals surface area contributed by atoms with Crippen LogP contribution in [0.15, 0.2) is 60.7 Å². The molecular weight excluding hydrogens is 520 g/mol. The first kappa shape index (κ1) is 28.3. The molecule has 10 nitrogen and oxygen atoms in total. The van der Waals surface area contributed by atoms with E-state index in [9.17, 15) is 23.1 Å². The van der Waals surface area contributed by atoms with Gasteiger partial charge in [0.2, 0.25) is 10.0 Å². The molecule has 3 atom stereocenters. The molecule has 0 spiro atoms. The Morgan fingerprint density at radius 1 is 1.10 bits per heavy atom. The summed E-state index contributed by atoms with van der Waals surface area (Å²) < 4.78 is 31.9. The van der Waals surface area contributed by atoms with Gasteiger partial charge >= 0.3 is 6.03 Å². The van der Waals surface area contributed by atoms with Crippen LogP contribution in [-0.4, -0.2) is 79.8 Å². The molecule has 3 aromatic carbocycles. The fourth-order valence-electron chi connectivity index (χ4n) is 4.56. The van der Waals surface area contributed by atoms with E-state index in [1.54, 1.807) is 36.1 Å². The average Bonchev–Trinajstić information content (AvgIpc) is 2.90. The second-order valence-corrected chi connectivity index (χ2v) is 12.0. The summed E-state index contributed by atoms with van der Waals surface area (Å²) in [4.78, 5) is 28.3. The number of carbonyl (C=O) groups is 2. The summed E-state index contributed by atoms with van der Waals surface area (Å²) >= 11 is 0. The van der Waals surface area contributed by atoms with Gasteiger partial charge in [0.1, 0.15) is 6.10 Å². The second-order valence-electron chi connectivity index (χ2n) is 9.95. The Kier molecular flexibility index (Phi) is 8.43. The van der Waals surface area contributed by atoms with E-state index in [0.717, 1.165) is 17.0 Å². The first-order valence-corrected chi connectivity index (χ1v) is 14.5. The maximum atomic E-state index is 13.6. The second kappa shape index (κ2) is 11.6. The third-order valence-corrected chi connectivity index (χ3v) is 8.26. The highest BCUT2D eigenvalue weighted by Gasteiger charge is 2.35. The first-order chi connectivity index (χ1) is 18.5. The van der Waals surface area contributed by atoms with Crippen molar-refractivity contribution in [1.82, 2.24) is 9.21 Å². The van der Waals surface area contributed by atoms with Gasteiger partial charge in [-0.1, -0.05) is 49.4 Å². The molecule has 4 rings (SSSR count). The summed E-state index contributed by atoms with van der Waals surface area (Å²) in [6.07, 6.45) is 0.469. The Bertz CT molecular complexity index is 1470. The Morgan fingerprint density at radius 2 is 1.74 bits per heavy atom. The smallest absolute Gasteiger partial charge is 0.323 e. The van der Waals surface area contributed by atoms with Crippen LogP contribution in [0, 0.1) is 5.92 Å². The van der Waals surface area contributed by atoms with Crippen LogP contribution in [0.4, 0.5) is 16.2 Å². The predicted octanol–water partition coefficient (Wildman–Crippen LogP) is 3.60. The highest BCUT2D eigenvalue weighted by atomic mass is 32.2. The van der Waals surface area contributed by atoms with E-state index < -0.39 is 28.2 Å². The molecule has 208 valence electrons. The first-order valence-electron chi connectivity index (χ1n) is 12.7. The van der Waals surface area contributed by atoms with Crippen molar-refractivity contribution >= 4 is 44.1 Å². The Hall–Kier alpha value is -3.67. The number of nitrogens with zero attached hydrogens (tertiary/aromatic N) is 2. The summed E-state index contributed by atoms with van der Waals surface area (Å²) in [7, 11) is -2.03. The fourth-order valence-corrected chi connectivity index (χ4v) is 4.98. The third kappa shape index (κ3) is 6.32. The minimum Gasteiger partial charge on any atom is -0.486 e. The molecule has 1 aliphatic rings. The van der Waals surface area contributed by atoms with Crippen molar-refractivity contribution in [3.05, 3.63) is 66.2 Å². The van der Waals surface area contributed by atoms with Crippen molar-refractivity contribution in [2.24, 2.45) is 5.92 Å². The van der Waals surface area contributed by atoms with Crippen molar-refractivity contribution in [2.75, 3.05) is 43.6 Å². The zero-order chi connectivity index (χ0) is 28.3. The Balaban J connectivity index is 1.70. The number of aliphatic hydroxyl groups is 1. The Morgan fingerprint density at radius 3 is 2.46 bits per heavy atom. The molecule has 0 radical (unpaired) electrons. The molecule has 1 heterocycles. The number of likely N-dealkylation sites (N-methyl/N-ethyl adjacent to an activating group) is 1. The zero-order valence-corrected chi connectivity index (χ0v) is 23.2. The number of urea groups is 1. The number of amides is 3. The topological polar surface area (TPSA) is 128 Å². The quantitative estimate of drug-likeness (QED) is 0.410. The molecule has 0 unspecified atom stereocenters. The van der Waals surface area contributed by atoms with Gasteiger partial charge < -0.3 is 25.4 Å². The molecule has 3 aromatic rings. The number of carbonyl (C=O) groups excluding carboxylic acids is 2. The summed E-state index contributed by atoms with van der Waals surface area (Å²) in [5.74, 6) is -0.506. The number of hydrogen-bond acceptors (Lipinski definition) is 6. The lowest BCUT2D eigenvalue weighted by Gasteiger charge is -2.38. The lowest BCUT2D eigenvalue weighted by Crippen LogP contribution is -2.50. The van der Waals surface area contributed by atoms with E-state index in [1.807, 2.05) is 43.3 Å². The molecule has 0 saturated carbocycles. The van der Waals surface area contributed by atoms with Crippen molar-refractivity contribution in [2.45, 2.75) is 26.0 Å². The number of aliphatic hydroxyl groups excluding tert-OH is 1. The standard InChI is InChI=1S/C28H34N4O6S/c1-18-15-32(19(2)17-33)27(34)22-12-8-14-24(26(22)38-25(18)16-31(3)39(4,36)37)30-28(35)29-23-13-7-10-20-9-5-6-11-21(20)23/h5-14,18-19,25,33H,15-17H2,1-4H3,(H2,29,30,35)/t18-,19-,25-/m0/s1. The van der Waals surface area contributed by atoms with Crippen LogP contribution in [0.2, 0.25) is 0 Å². The van der Waals surface area contributed by atoms with Gasteiger partial charge in [0.05, 0.1) is 42.4 Å². The largest absolute Gasteiger partial charge is 0.486 e. The third-order valence-electron chi connectivity index (χ3n) is 6.98. The van der Waals surface area contributed by atoms with E-state index in [-0.39, 0.29) is 48.5 Å². The van der Waals surface area contributed by atoms with E-state index in [4.69, 9.17) is 4.74 Å². The van der Waals surface area contributed by atoms with Gasteiger partial charge in [-0.2, -0.15) is 0 Å². The number of anilines is 2. The van der Waals surface area contributed by atoms with E-state index in [0.29, 0.717) is 5.69 Å². The fraction of sp³-hybridized carbons (Fsp3) is 0.357. The number of fused-ring (bicyclic) bond motifs is 2. The van der Waals surface area contributed by atoms with Gasteiger partial charge in [0.25, 0.3) is 5.91 Å². The van der Waals surface area contributed by atoms with Crippen LogP contribution in [-0.2, 0) is 10.0 Å². The molecule has 3 N–H and O–H groups in total. The van der Waals surface area contributed by atoms with Crippen molar-refractivity contribution in [3.8, 4) is 5.75 Å². The lowest BCUT2D eigenvalue weighted by molar-refractivity contribution is 0.0389. The Labute approximate surface area is 228 Å².